The number of nitrogens with one attached hydrogen (secondary N) is 1. The fraction of sp³-hybridized carbons (Fsp3) is 0.571. The van der Waals surface area contributed by atoms with Gasteiger partial charge in [-0.2, -0.15) is 0 Å². The van der Waals surface area contributed by atoms with Crippen molar-refractivity contribution in [1.82, 2.24) is 10.3 Å². The van der Waals surface area contributed by atoms with Crippen molar-refractivity contribution in [2.75, 3.05) is 6.54 Å². The minimum absolute atomic E-state index is 0.270. The van der Waals surface area contributed by atoms with Gasteiger partial charge in [0.05, 0.1) is 0 Å². The van der Waals surface area contributed by atoms with E-state index in [2.05, 4.69) is 10.3 Å². The van der Waals surface area contributed by atoms with Gasteiger partial charge in [-0.1, -0.05) is 0 Å². The van der Waals surface area contributed by atoms with Crippen molar-refractivity contribution in [3.63, 3.8) is 0 Å². The predicted molar refractivity (Wildman–Crippen MR) is 65.3 cm³/mol. The minimum atomic E-state index is 0.270. The Bertz CT molecular complexity index is 394. The molecule has 3 rings (SSSR count). The Morgan fingerprint density at radius 2 is 1.94 bits per heavy atom. The van der Waals surface area contributed by atoms with Gasteiger partial charge in [-0.3, -0.25) is 9.78 Å². The largest absolute Gasteiger partial charge is 0.356 e. The Morgan fingerprint density at radius 3 is 2.65 bits per heavy atom. The highest BCUT2D eigenvalue weighted by molar-refractivity contribution is 5.79. The second-order valence-electron chi connectivity index (χ2n) is 5.32. The summed E-state index contributed by atoms with van der Waals surface area (Å²) in [6, 6.07) is 3.99. The van der Waals surface area contributed by atoms with Crippen LogP contribution in [0.2, 0.25) is 0 Å². The average molecular weight is 230 g/mol. The first kappa shape index (κ1) is 10.8. The maximum Gasteiger partial charge on any atom is 0.223 e. The van der Waals surface area contributed by atoms with Crippen molar-refractivity contribution < 1.29 is 4.79 Å². The third-order valence-corrected chi connectivity index (χ3v) is 4.08. The van der Waals surface area contributed by atoms with Crippen LogP contribution in [-0.4, -0.2) is 17.4 Å². The highest BCUT2D eigenvalue weighted by Crippen LogP contribution is 2.54. The quantitative estimate of drug-likeness (QED) is 0.856. The number of pyridine rings is 1. The van der Waals surface area contributed by atoms with Crippen LogP contribution in [0.1, 0.15) is 24.8 Å². The molecular weight excluding hydrogens is 212 g/mol. The molecule has 1 N–H and O–H groups in total. The molecule has 90 valence electrons. The molecule has 0 spiro atoms. The summed E-state index contributed by atoms with van der Waals surface area (Å²) in [5.74, 6) is 2.33. The van der Waals surface area contributed by atoms with Crippen LogP contribution < -0.4 is 5.32 Å². The third-order valence-electron chi connectivity index (χ3n) is 4.08. The summed E-state index contributed by atoms with van der Waals surface area (Å²) in [7, 11) is 0. The molecule has 2 aliphatic carbocycles. The van der Waals surface area contributed by atoms with Crippen LogP contribution in [0.25, 0.3) is 0 Å². The molecule has 0 saturated heterocycles. The van der Waals surface area contributed by atoms with Crippen LogP contribution in [0.5, 0.6) is 0 Å². The molecule has 1 aromatic rings. The lowest BCUT2D eigenvalue weighted by Crippen LogP contribution is -2.31. The molecule has 17 heavy (non-hydrogen) atoms. The summed E-state index contributed by atoms with van der Waals surface area (Å²) in [6.45, 7) is 0.745. The monoisotopic (exact) mass is 230 g/mol. The van der Waals surface area contributed by atoms with E-state index in [-0.39, 0.29) is 5.91 Å². The number of carbonyl (C=O) groups excluding carboxylic acids is 1. The smallest absolute Gasteiger partial charge is 0.223 e. The van der Waals surface area contributed by atoms with E-state index in [1.807, 2.05) is 12.1 Å². The van der Waals surface area contributed by atoms with Crippen LogP contribution in [0.4, 0.5) is 0 Å². The number of hydrogen-bond donors (Lipinski definition) is 1. The summed E-state index contributed by atoms with van der Waals surface area (Å²) in [6.07, 6.45) is 8.12. The fourth-order valence-corrected chi connectivity index (χ4v) is 2.95. The van der Waals surface area contributed by atoms with Crippen molar-refractivity contribution in [1.29, 1.82) is 0 Å². The summed E-state index contributed by atoms with van der Waals surface area (Å²) >= 11 is 0. The molecule has 0 aromatic carbocycles. The van der Waals surface area contributed by atoms with E-state index in [1.165, 1.54) is 12.0 Å². The average Bonchev–Trinajstić information content (AvgIpc) is 2.97. The highest BCUT2D eigenvalue weighted by atomic mass is 16.1. The summed E-state index contributed by atoms with van der Waals surface area (Å²) in [5, 5.41) is 3.05. The van der Waals surface area contributed by atoms with Gasteiger partial charge in [-0.05, 0) is 55.2 Å². The van der Waals surface area contributed by atoms with E-state index < -0.39 is 0 Å². The minimum Gasteiger partial charge on any atom is -0.356 e. The lowest BCUT2D eigenvalue weighted by Gasteiger charge is -2.12. The first-order valence-corrected chi connectivity index (χ1v) is 6.49. The van der Waals surface area contributed by atoms with Gasteiger partial charge in [0, 0.05) is 24.9 Å². The van der Waals surface area contributed by atoms with Crippen LogP contribution in [0.3, 0.4) is 0 Å². The number of amides is 1. The summed E-state index contributed by atoms with van der Waals surface area (Å²) in [5.41, 5.74) is 1.23. The summed E-state index contributed by atoms with van der Waals surface area (Å²) in [4.78, 5) is 15.9. The van der Waals surface area contributed by atoms with Gasteiger partial charge in [-0.15, -0.1) is 0 Å². The molecule has 2 unspecified atom stereocenters. The zero-order valence-electron chi connectivity index (χ0n) is 9.93. The Hall–Kier alpha value is -1.38. The van der Waals surface area contributed by atoms with Gasteiger partial charge in [0.1, 0.15) is 0 Å². The van der Waals surface area contributed by atoms with Crippen molar-refractivity contribution in [3.8, 4) is 0 Å². The Morgan fingerprint density at radius 1 is 1.24 bits per heavy atom. The molecule has 2 saturated carbocycles. The molecule has 2 fully saturated rings. The normalized spacial score (nSPS) is 29.8. The van der Waals surface area contributed by atoms with E-state index in [4.69, 9.17) is 0 Å². The van der Waals surface area contributed by atoms with Crippen molar-refractivity contribution in [2.45, 2.75) is 25.7 Å². The molecule has 1 heterocycles. The zero-order chi connectivity index (χ0) is 11.7. The topological polar surface area (TPSA) is 42.0 Å². The zero-order valence-corrected chi connectivity index (χ0v) is 9.93. The van der Waals surface area contributed by atoms with Crippen LogP contribution in [0.15, 0.2) is 24.5 Å². The molecule has 0 radical (unpaired) electrons. The van der Waals surface area contributed by atoms with Crippen LogP contribution >= 0.6 is 0 Å². The maximum atomic E-state index is 11.9. The SMILES string of the molecule is O=C(NCCc1ccncc1)C1CC2CC2C1. The van der Waals surface area contributed by atoms with Crippen molar-refractivity contribution >= 4 is 5.91 Å². The predicted octanol–water partition coefficient (Wildman–Crippen LogP) is 1.79. The number of hydrogen-bond acceptors (Lipinski definition) is 2. The van der Waals surface area contributed by atoms with E-state index in [0.717, 1.165) is 37.6 Å². The van der Waals surface area contributed by atoms with Gasteiger partial charge in [0.25, 0.3) is 0 Å². The second kappa shape index (κ2) is 4.47. The lowest BCUT2D eigenvalue weighted by atomic mass is 10.0. The molecule has 3 heteroatoms. The molecule has 1 amide bonds. The molecule has 1 aromatic heterocycles. The summed E-state index contributed by atoms with van der Waals surface area (Å²) < 4.78 is 0. The molecular formula is C14H18N2O. The molecule has 2 atom stereocenters. The number of fused-ring (bicyclic) bond motifs is 1. The number of nitrogens with zero attached hydrogens (tertiary/aromatic N) is 1. The lowest BCUT2D eigenvalue weighted by molar-refractivity contribution is -0.125. The number of carbonyl (C=O) groups is 1. The van der Waals surface area contributed by atoms with Gasteiger partial charge in [0.15, 0.2) is 0 Å². The second-order valence-corrected chi connectivity index (χ2v) is 5.32. The number of aromatic nitrogens is 1. The third kappa shape index (κ3) is 2.48. The van der Waals surface area contributed by atoms with Gasteiger partial charge < -0.3 is 5.32 Å². The molecule has 0 aliphatic heterocycles. The van der Waals surface area contributed by atoms with E-state index in [0.29, 0.717) is 5.92 Å². The van der Waals surface area contributed by atoms with Gasteiger partial charge >= 0.3 is 0 Å². The van der Waals surface area contributed by atoms with E-state index in [9.17, 15) is 4.79 Å². The van der Waals surface area contributed by atoms with Crippen molar-refractivity contribution in [2.24, 2.45) is 17.8 Å². The van der Waals surface area contributed by atoms with Crippen LogP contribution in [0, 0.1) is 17.8 Å². The van der Waals surface area contributed by atoms with E-state index >= 15 is 0 Å². The maximum absolute atomic E-state index is 11.9. The molecule has 0 bridgehead atoms. The fourth-order valence-electron chi connectivity index (χ4n) is 2.95. The highest BCUT2D eigenvalue weighted by Gasteiger charge is 2.47. The van der Waals surface area contributed by atoms with Crippen LogP contribution in [-0.2, 0) is 11.2 Å². The number of rotatable bonds is 4. The Labute approximate surface area is 102 Å². The van der Waals surface area contributed by atoms with E-state index in [1.54, 1.807) is 12.4 Å². The first-order chi connectivity index (χ1) is 8.33. The van der Waals surface area contributed by atoms with Gasteiger partial charge in [-0.25, -0.2) is 0 Å². The molecule has 3 nitrogen and oxygen atoms in total. The van der Waals surface area contributed by atoms with Gasteiger partial charge in [0.2, 0.25) is 5.91 Å². The standard InChI is InChI=1S/C14H18N2O/c17-14(13-8-11-7-12(11)9-13)16-6-3-10-1-4-15-5-2-10/h1-2,4-5,11-13H,3,6-9H2,(H,16,17). The Kier molecular flexibility index (Phi) is 2.83. The van der Waals surface area contributed by atoms with Crippen molar-refractivity contribution in [3.05, 3.63) is 30.1 Å². The molecule has 2 aliphatic rings. The first-order valence-electron chi connectivity index (χ1n) is 6.49. The Balaban J connectivity index is 1.41.